The van der Waals surface area contributed by atoms with Gasteiger partial charge >= 0.3 is 6.01 Å². The van der Waals surface area contributed by atoms with Crippen LogP contribution in [0.4, 0.5) is 11.9 Å². The lowest BCUT2D eigenvalue weighted by molar-refractivity contribution is 0.292. The average molecular weight is 281 g/mol. The number of nitrogens with one attached hydrogen (secondary N) is 2. The van der Waals surface area contributed by atoms with Crippen molar-refractivity contribution in [2.24, 2.45) is 5.92 Å². The summed E-state index contributed by atoms with van der Waals surface area (Å²) in [6.45, 7) is 8.02. The van der Waals surface area contributed by atoms with Crippen LogP contribution in [-0.4, -0.2) is 35.2 Å². The Labute approximate surface area is 121 Å². The zero-order chi connectivity index (χ0) is 14.8. The van der Waals surface area contributed by atoms with Crippen LogP contribution in [0.1, 0.15) is 46.5 Å². The molecule has 2 N–H and O–H groups in total. The van der Waals surface area contributed by atoms with E-state index in [1.165, 1.54) is 12.8 Å². The predicted molar refractivity (Wildman–Crippen MR) is 82.3 cm³/mol. The quantitative estimate of drug-likeness (QED) is 0.642. The Bertz CT molecular complexity index is 384. The van der Waals surface area contributed by atoms with Gasteiger partial charge in [-0.15, -0.1) is 0 Å². The SMILES string of the molecule is CCCOc1nc(NC)nc(NCCCCC(C)C)n1. The standard InChI is InChI=1S/C14H27N5O/c1-5-10-20-14-18-12(15-4)17-13(19-14)16-9-7-6-8-11(2)3/h11H,5-10H2,1-4H3,(H2,15,16,17,18,19). The van der Waals surface area contributed by atoms with Crippen LogP contribution in [0.3, 0.4) is 0 Å². The lowest BCUT2D eigenvalue weighted by Gasteiger charge is -2.09. The fourth-order valence-electron chi connectivity index (χ4n) is 1.68. The Kier molecular flexibility index (Phi) is 7.69. The van der Waals surface area contributed by atoms with E-state index in [2.05, 4.69) is 39.4 Å². The van der Waals surface area contributed by atoms with Crippen molar-refractivity contribution in [3.63, 3.8) is 0 Å². The van der Waals surface area contributed by atoms with Crippen molar-refractivity contribution >= 4 is 11.9 Å². The van der Waals surface area contributed by atoms with Gasteiger partial charge in [-0.25, -0.2) is 0 Å². The molecule has 0 bridgehead atoms. The van der Waals surface area contributed by atoms with Crippen molar-refractivity contribution in [2.45, 2.75) is 46.5 Å². The predicted octanol–water partition coefficient (Wildman–Crippen LogP) is 2.94. The van der Waals surface area contributed by atoms with E-state index in [9.17, 15) is 0 Å². The van der Waals surface area contributed by atoms with Crippen molar-refractivity contribution in [2.75, 3.05) is 30.8 Å². The van der Waals surface area contributed by atoms with E-state index in [-0.39, 0.29) is 0 Å². The summed E-state index contributed by atoms with van der Waals surface area (Å²) < 4.78 is 5.46. The molecule has 0 atom stereocenters. The highest BCUT2D eigenvalue weighted by atomic mass is 16.5. The smallest absolute Gasteiger partial charge is 0.323 e. The maximum Gasteiger partial charge on any atom is 0.323 e. The molecular formula is C14H27N5O. The molecule has 1 heterocycles. The fourth-order valence-corrected chi connectivity index (χ4v) is 1.68. The highest BCUT2D eigenvalue weighted by molar-refractivity contribution is 5.35. The second-order valence-electron chi connectivity index (χ2n) is 5.18. The molecule has 114 valence electrons. The first-order valence-electron chi connectivity index (χ1n) is 7.46. The molecule has 0 radical (unpaired) electrons. The van der Waals surface area contributed by atoms with Crippen LogP contribution < -0.4 is 15.4 Å². The van der Waals surface area contributed by atoms with Crippen molar-refractivity contribution in [3.05, 3.63) is 0 Å². The Balaban J connectivity index is 2.46. The molecule has 6 nitrogen and oxygen atoms in total. The van der Waals surface area contributed by atoms with Crippen LogP contribution in [0.5, 0.6) is 6.01 Å². The van der Waals surface area contributed by atoms with Crippen molar-refractivity contribution in [1.29, 1.82) is 0 Å². The molecular weight excluding hydrogens is 254 g/mol. The Hall–Kier alpha value is -1.59. The summed E-state index contributed by atoms with van der Waals surface area (Å²) in [5.74, 6) is 1.85. The van der Waals surface area contributed by atoms with Crippen LogP contribution in [0.25, 0.3) is 0 Å². The lowest BCUT2D eigenvalue weighted by Crippen LogP contribution is -2.10. The van der Waals surface area contributed by atoms with Gasteiger partial charge in [0.25, 0.3) is 0 Å². The van der Waals surface area contributed by atoms with Crippen molar-refractivity contribution in [1.82, 2.24) is 15.0 Å². The average Bonchev–Trinajstić information content (AvgIpc) is 2.44. The number of anilines is 2. The topological polar surface area (TPSA) is 72.0 Å². The first-order chi connectivity index (χ1) is 9.65. The van der Waals surface area contributed by atoms with E-state index < -0.39 is 0 Å². The molecule has 0 aromatic carbocycles. The molecule has 6 heteroatoms. The fraction of sp³-hybridized carbons (Fsp3) is 0.786. The summed E-state index contributed by atoms with van der Waals surface area (Å²) in [5.41, 5.74) is 0. The van der Waals surface area contributed by atoms with Crippen LogP contribution in [0.2, 0.25) is 0 Å². The molecule has 0 aliphatic carbocycles. The Morgan fingerprint density at radius 3 is 2.50 bits per heavy atom. The van der Waals surface area contributed by atoms with Gasteiger partial charge in [0.2, 0.25) is 11.9 Å². The molecule has 0 spiro atoms. The lowest BCUT2D eigenvalue weighted by atomic mass is 10.1. The van der Waals surface area contributed by atoms with E-state index >= 15 is 0 Å². The molecule has 0 saturated carbocycles. The van der Waals surface area contributed by atoms with Gasteiger partial charge in [-0.2, -0.15) is 15.0 Å². The summed E-state index contributed by atoms with van der Waals surface area (Å²) in [6.07, 6.45) is 4.52. The molecule has 1 rings (SSSR count). The maximum atomic E-state index is 5.46. The van der Waals surface area contributed by atoms with E-state index in [1.807, 2.05) is 6.92 Å². The second-order valence-corrected chi connectivity index (χ2v) is 5.18. The van der Waals surface area contributed by atoms with E-state index in [0.29, 0.717) is 24.5 Å². The number of rotatable bonds is 10. The van der Waals surface area contributed by atoms with Gasteiger partial charge in [0.1, 0.15) is 0 Å². The maximum absolute atomic E-state index is 5.46. The van der Waals surface area contributed by atoms with Gasteiger partial charge in [-0.3, -0.25) is 0 Å². The van der Waals surface area contributed by atoms with E-state index in [4.69, 9.17) is 4.74 Å². The van der Waals surface area contributed by atoms with Gasteiger partial charge in [-0.05, 0) is 18.8 Å². The van der Waals surface area contributed by atoms with Gasteiger partial charge in [0.15, 0.2) is 0 Å². The van der Waals surface area contributed by atoms with Gasteiger partial charge in [-0.1, -0.05) is 33.6 Å². The number of hydrogen-bond donors (Lipinski definition) is 2. The summed E-state index contributed by atoms with van der Waals surface area (Å²) in [4.78, 5) is 12.7. The summed E-state index contributed by atoms with van der Waals surface area (Å²) in [6, 6.07) is 0.371. The Morgan fingerprint density at radius 2 is 1.85 bits per heavy atom. The number of aromatic nitrogens is 3. The largest absolute Gasteiger partial charge is 0.463 e. The van der Waals surface area contributed by atoms with E-state index in [0.717, 1.165) is 25.3 Å². The highest BCUT2D eigenvalue weighted by Crippen LogP contribution is 2.12. The number of nitrogens with zero attached hydrogens (tertiary/aromatic N) is 3. The molecule has 0 aliphatic rings. The molecule has 0 saturated heterocycles. The minimum Gasteiger partial charge on any atom is -0.463 e. The third-order valence-corrected chi connectivity index (χ3v) is 2.77. The molecule has 1 aromatic heterocycles. The van der Waals surface area contributed by atoms with Gasteiger partial charge in [0.05, 0.1) is 6.61 Å². The Morgan fingerprint density at radius 1 is 1.10 bits per heavy atom. The second kappa shape index (κ2) is 9.34. The first kappa shape index (κ1) is 16.5. The van der Waals surface area contributed by atoms with Crippen molar-refractivity contribution in [3.8, 4) is 6.01 Å². The van der Waals surface area contributed by atoms with Crippen molar-refractivity contribution < 1.29 is 4.74 Å². The van der Waals surface area contributed by atoms with Crippen LogP contribution >= 0.6 is 0 Å². The molecule has 1 aromatic rings. The number of ether oxygens (including phenoxy) is 1. The van der Waals surface area contributed by atoms with Crippen LogP contribution in [0.15, 0.2) is 0 Å². The van der Waals surface area contributed by atoms with Crippen LogP contribution in [-0.2, 0) is 0 Å². The van der Waals surface area contributed by atoms with E-state index in [1.54, 1.807) is 7.05 Å². The molecule has 0 fully saturated rings. The molecule has 0 aliphatic heterocycles. The monoisotopic (exact) mass is 281 g/mol. The molecule has 0 unspecified atom stereocenters. The normalized spacial score (nSPS) is 10.7. The molecule has 0 amide bonds. The zero-order valence-corrected chi connectivity index (χ0v) is 13.1. The zero-order valence-electron chi connectivity index (χ0n) is 13.1. The summed E-state index contributed by atoms with van der Waals surface area (Å²) in [5, 5.41) is 6.15. The first-order valence-corrected chi connectivity index (χ1v) is 7.46. The van der Waals surface area contributed by atoms with Crippen LogP contribution in [0, 0.1) is 5.92 Å². The minimum atomic E-state index is 0.371. The molecule has 20 heavy (non-hydrogen) atoms. The van der Waals surface area contributed by atoms with Gasteiger partial charge < -0.3 is 15.4 Å². The van der Waals surface area contributed by atoms with Gasteiger partial charge in [0, 0.05) is 13.6 Å². The summed E-state index contributed by atoms with van der Waals surface area (Å²) >= 11 is 0. The number of unbranched alkanes of at least 4 members (excludes halogenated alkanes) is 1. The number of hydrogen-bond acceptors (Lipinski definition) is 6. The summed E-state index contributed by atoms with van der Waals surface area (Å²) in [7, 11) is 1.78. The highest BCUT2D eigenvalue weighted by Gasteiger charge is 2.06. The third-order valence-electron chi connectivity index (χ3n) is 2.77. The third kappa shape index (κ3) is 6.54. The minimum absolute atomic E-state index is 0.371.